The molecule has 0 aromatic heterocycles. The van der Waals surface area contributed by atoms with Crippen molar-refractivity contribution in [3.8, 4) is 33.8 Å². The summed E-state index contributed by atoms with van der Waals surface area (Å²) in [5, 5.41) is 0. The van der Waals surface area contributed by atoms with Crippen LogP contribution in [0.1, 0.15) is 44.5 Å². The molecule has 0 atom stereocenters. The summed E-state index contributed by atoms with van der Waals surface area (Å²) in [5.74, 6) is 0.789. The Labute approximate surface area is 386 Å². The number of hydrogen-bond acceptors (Lipinski definition) is 3. The molecule has 0 amide bonds. The maximum Gasteiger partial charge on any atom is 0.519 e. The maximum atomic E-state index is 13.0. The van der Waals surface area contributed by atoms with Gasteiger partial charge in [-0.1, -0.05) is 255 Å². The number of rotatable bonds is 12. The van der Waals surface area contributed by atoms with Gasteiger partial charge in [-0.05, 0) is 91.0 Å². The molecule has 0 spiro atoms. The Hall–Kier alpha value is -8.53. The van der Waals surface area contributed by atoms with Gasteiger partial charge in [-0.15, -0.1) is 0 Å². The third kappa shape index (κ3) is 8.00. The van der Waals surface area contributed by atoms with Crippen molar-refractivity contribution in [3.05, 3.63) is 324 Å². The first kappa shape index (κ1) is 41.5. The summed E-state index contributed by atoms with van der Waals surface area (Å²) in [6.45, 7) is 0. The zero-order chi connectivity index (χ0) is 44.6. The molecule has 0 unspecified atom stereocenters. The molecule has 3 nitrogen and oxygen atoms in total. The van der Waals surface area contributed by atoms with E-state index in [0.29, 0.717) is 11.5 Å². The van der Waals surface area contributed by atoms with Crippen LogP contribution in [0.5, 0.6) is 11.5 Å². The first-order valence-corrected chi connectivity index (χ1v) is 22.3. The van der Waals surface area contributed by atoms with Crippen LogP contribution in [0.25, 0.3) is 22.3 Å². The molecule has 0 saturated carbocycles. The van der Waals surface area contributed by atoms with Gasteiger partial charge < -0.3 is 9.47 Å². The fourth-order valence-corrected chi connectivity index (χ4v) is 9.60. The number of benzene rings is 10. The van der Waals surface area contributed by atoms with E-state index in [4.69, 9.17) is 9.47 Å². The van der Waals surface area contributed by atoms with E-state index in [1.807, 2.05) is 24.3 Å². The summed E-state index contributed by atoms with van der Waals surface area (Å²) in [6.07, 6.45) is -0.803. The highest BCUT2D eigenvalue weighted by Crippen LogP contribution is 2.47. The minimum atomic E-state index is -0.803. The van der Waals surface area contributed by atoms with Crippen molar-refractivity contribution in [1.29, 1.82) is 0 Å². The summed E-state index contributed by atoms with van der Waals surface area (Å²) >= 11 is 0. The van der Waals surface area contributed by atoms with Crippen LogP contribution in [-0.4, -0.2) is 6.16 Å². The topological polar surface area (TPSA) is 35.5 Å². The molecule has 66 heavy (non-hydrogen) atoms. The minimum absolute atomic E-state index is 0.394. The highest BCUT2D eigenvalue weighted by molar-refractivity contribution is 5.72. The number of ether oxygens (including phenoxy) is 2. The summed E-state index contributed by atoms with van der Waals surface area (Å²) in [6, 6.07) is 96.7. The lowest BCUT2D eigenvalue weighted by Crippen LogP contribution is -2.30. The normalized spacial score (nSPS) is 11.4. The Kier molecular flexibility index (Phi) is 11.7. The Bertz CT molecular complexity index is 2710. The van der Waals surface area contributed by atoms with E-state index < -0.39 is 17.0 Å². The van der Waals surface area contributed by atoms with Crippen LogP contribution in [0.3, 0.4) is 0 Å². The average molecular weight is 851 g/mol. The highest BCUT2D eigenvalue weighted by atomic mass is 16.7. The molecule has 0 N–H and O–H groups in total. The number of carbonyl (C=O) groups excluding carboxylic acids is 1. The van der Waals surface area contributed by atoms with Crippen molar-refractivity contribution in [2.24, 2.45) is 0 Å². The van der Waals surface area contributed by atoms with Crippen LogP contribution in [0.15, 0.2) is 279 Å². The molecule has 0 fully saturated rings. The molecule has 0 aliphatic carbocycles. The summed E-state index contributed by atoms with van der Waals surface area (Å²) in [5.41, 5.74) is 12.5. The van der Waals surface area contributed by atoms with Crippen molar-refractivity contribution < 1.29 is 14.3 Å². The second kappa shape index (κ2) is 18.7. The third-order valence-corrected chi connectivity index (χ3v) is 12.7. The molecule has 0 heterocycles. The van der Waals surface area contributed by atoms with Crippen LogP contribution in [0.4, 0.5) is 4.79 Å². The summed E-state index contributed by atoms with van der Waals surface area (Å²) < 4.78 is 11.3. The van der Waals surface area contributed by atoms with Crippen molar-refractivity contribution in [2.45, 2.75) is 10.8 Å². The Morgan fingerprint density at radius 2 is 0.409 bits per heavy atom. The van der Waals surface area contributed by atoms with E-state index in [9.17, 15) is 4.79 Å². The molecule has 0 aliphatic heterocycles. The van der Waals surface area contributed by atoms with Crippen molar-refractivity contribution in [1.82, 2.24) is 0 Å². The van der Waals surface area contributed by atoms with Crippen molar-refractivity contribution in [2.75, 3.05) is 0 Å². The average Bonchev–Trinajstić information content (AvgIpc) is 3.40. The lowest BCUT2D eigenvalue weighted by molar-refractivity contribution is 0.152. The largest absolute Gasteiger partial charge is 0.519 e. The molecule has 10 aromatic rings. The van der Waals surface area contributed by atoms with Crippen LogP contribution in [0.2, 0.25) is 0 Å². The first-order chi connectivity index (χ1) is 32.6. The highest BCUT2D eigenvalue weighted by Gasteiger charge is 2.39. The van der Waals surface area contributed by atoms with E-state index >= 15 is 0 Å². The molecule has 0 radical (unpaired) electrons. The van der Waals surface area contributed by atoms with Crippen LogP contribution in [-0.2, 0) is 10.8 Å². The SMILES string of the molecule is O=C(Oc1ccc(-c2ccc(C(c3ccccc3)(c3ccccc3)c3ccccc3)cc2)cc1)Oc1ccc(-c2ccc(C(c3ccccc3)(c3ccccc3)c3ccccc3)cc2)cc1. The second-order valence-electron chi connectivity index (χ2n) is 16.4. The van der Waals surface area contributed by atoms with Gasteiger partial charge in [0.25, 0.3) is 0 Å². The second-order valence-corrected chi connectivity index (χ2v) is 16.4. The molecule has 0 bridgehead atoms. The third-order valence-electron chi connectivity index (χ3n) is 12.7. The number of carbonyl (C=O) groups is 1. The lowest BCUT2D eigenvalue weighted by atomic mass is 9.65. The monoisotopic (exact) mass is 850 g/mol. The fraction of sp³-hybridized carbons (Fsp3) is 0.0317. The van der Waals surface area contributed by atoms with Gasteiger partial charge in [0.2, 0.25) is 0 Å². The zero-order valence-corrected chi connectivity index (χ0v) is 36.3. The molecule has 0 aliphatic rings. The smallest absolute Gasteiger partial charge is 0.395 e. The molecule has 10 aromatic carbocycles. The predicted molar refractivity (Wildman–Crippen MR) is 267 cm³/mol. The molecule has 10 rings (SSSR count). The van der Waals surface area contributed by atoms with Gasteiger partial charge in [-0.3, -0.25) is 0 Å². The van der Waals surface area contributed by atoms with Crippen LogP contribution < -0.4 is 9.47 Å². The van der Waals surface area contributed by atoms with Crippen LogP contribution in [0, 0.1) is 0 Å². The predicted octanol–water partition coefficient (Wildman–Crippen LogP) is 15.4. The van der Waals surface area contributed by atoms with E-state index in [-0.39, 0.29) is 0 Å². The molecular weight excluding hydrogens is 805 g/mol. The first-order valence-electron chi connectivity index (χ1n) is 22.3. The Morgan fingerprint density at radius 3 is 0.621 bits per heavy atom. The molecule has 3 heteroatoms. The summed E-state index contributed by atoms with van der Waals surface area (Å²) in [7, 11) is 0. The fourth-order valence-electron chi connectivity index (χ4n) is 9.60. The van der Waals surface area contributed by atoms with Gasteiger partial charge in [0.15, 0.2) is 0 Å². The van der Waals surface area contributed by atoms with E-state index in [2.05, 4.69) is 231 Å². The standard InChI is InChI=1S/C63H46O3/c64-61(65-59-43-35-49(36-44-59)47-31-39-57(40-32-47)62(51-19-7-1-8-20-51,52-21-9-2-10-22-52)53-23-11-3-12-24-53)66-60-45-37-50(38-46-60)48-33-41-58(42-34-48)63(54-25-13-4-14-26-54,55-27-15-5-16-28-55)56-29-17-6-18-30-56/h1-46H. The van der Waals surface area contributed by atoms with Gasteiger partial charge in [0.05, 0.1) is 10.8 Å². The van der Waals surface area contributed by atoms with Crippen LogP contribution >= 0.6 is 0 Å². The Balaban J connectivity index is 0.840. The van der Waals surface area contributed by atoms with Gasteiger partial charge in [-0.25, -0.2) is 4.79 Å². The van der Waals surface area contributed by atoms with Crippen molar-refractivity contribution in [3.63, 3.8) is 0 Å². The number of hydrogen-bond donors (Lipinski definition) is 0. The zero-order valence-electron chi connectivity index (χ0n) is 36.3. The lowest BCUT2D eigenvalue weighted by Gasteiger charge is -2.37. The quantitative estimate of drug-likeness (QED) is 0.0698. The summed E-state index contributed by atoms with van der Waals surface area (Å²) in [4.78, 5) is 13.0. The molecule has 0 saturated heterocycles. The van der Waals surface area contributed by atoms with Gasteiger partial charge in [0.1, 0.15) is 11.5 Å². The molecule has 316 valence electrons. The van der Waals surface area contributed by atoms with Gasteiger partial charge in [-0.2, -0.15) is 0 Å². The van der Waals surface area contributed by atoms with E-state index in [0.717, 1.165) is 33.4 Å². The maximum absolute atomic E-state index is 13.0. The Morgan fingerprint density at radius 1 is 0.227 bits per heavy atom. The van der Waals surface area contributed by atoms with E-state index in [1.54, 1.807) is 24.3 Å². The van der Waals surface area contributed by atoms with E-state index in [1.165, 1.54) is 33.4 Å². The molecular formula is C63H46O3. The van der Waals surface area contributed by atoms with Gasteiger partial charge in [0, 0.05) is 0 Å². The van der Waals surface area contributed by atoms with Crippen molar-refractivity contribution >= 4 is 6.16 Å². The minimum Gasteiger partial charge on any atom is -0.395 e. The van der Waals surface area contributed by atoms with Gasteiger partial charge >= 0.3 is 6.16 Å².